The van der Waals surface area contributed by atoms with Gasteiger partial charge in [0.15, 0.2) is 0 Å². The molecule has 0 saturated heterocycles. The normalized spacial score (nSPS) is 12.4. The molecule has 11 aromatic carbocycles. The Bertz CT molecular complexity index is 3890. The standard InChI is InChI=1S/C69H50N2O/c1-69(2)64-44-54(70-66-27-14-12-23-58(66)49-21-10-5-11-22-49)33-39-60(64)61-40-38-57(45-65(61)69)71(56-36-31-50(32-37-56)59-25-16-26-63-62-24-13-15-28-67(62)72-68(59)63)55-34-29-48(30-35-55)53-42-51(46-17-6-3-7-18-46)41-52(43-53)47-19-8-4-9-20-47/h3-45,70H,1-2H3. The van der Waals surface area contributed by atoms with Crippen LogP contribution in [0.3, 0.4) is 0 Å². The first-order valence-electron chi connectivity index (χ1n) is 24.8. The lowest BCUT2D eigenvalue weighted by Crippen LogP contribution is -2.16. The van der Waals surface area contributed by atoms with Gasteiger partial charge in [-0.25, -0.2) is 0 Å². The van der Waals surface area contributed by atoms with Crippen LogP contribution in [0, 0.1) is 0 Å². The number of fused-ring (bicyclic) bond motifs is 6. The first-order valence-corrected chi connectivity index (χ1v) is 24.8. The molecular formula is C69H50N2O. The van der Waals surface area contributed by atoms with Gasteiger partial charge >= 0.3 is 0 Å². The number of nitrogens with one attached hydrogen (secondary N) is 1. The molecule has 0 atom stereocenters. The van der Waals surface area contributed by atoms with Gasteiger partial charge in [-0.2, -0.15) is 0 Å². The van der Waals surface area contributed by atoms with Crippen molar-refractivity contribution in [3.63, 3.8) is 0 Å². The predicted octanol–water partition coefficient (Wildman–Crippen LogP) is 19.4. The number of nitrogens with zero attached hydrogens (tertiary/aromatic N) is 1. The van der Waals surface area contributed by atoms with Crippen molar-refractivity contribution in [1.29, 1.82) is 0 Å². The van der Waals surface area contributed by atoms with Gasteiger partial charge in [0.25, 0.3) is 0 Å². The van der Waals surface area contributed by atoms with E-state index in [0.29, 0.717) is 0 Å². The summed E-state index contributed by atoms with van der Waals surface area (Å²) in [5.74, 6) is 0. The van der Waals surface area contributed by atoms with Crippen molar-refractivity contribution in [3.8, 4) is 66.8 Å². The molecule has 1 heterocycles. The SMILES string of the molecule is CC1(C)c2cc(Nc3ccccc3-c3ccccc3)ccc2-c2ccc(N(c3ccc(-c4cc(-c5ccccc5)cc(-c5ccccc5)c4)cc3)c3ccc(-c4cccc5c4oc4ccccc45)cc3)cc21. The summed E-state index contributed by atoms with van der Waals surface area (Å²) in [7, 11) is 0. The highest BCUT2D eigenvalue weighted by molar-refractivity contribution is 6.09. The minimum absolute atomic E-state index is 0.262. The Kier molecular flexibility index (Phi) is 10.5. The molecule has 0 spiro atoms. The molecule has 1 aliphatic rings. The quantitative estimate of drug-likeness (QED) is 0.148. The topological polar surface area (TPSA) is 28.4 Å². The van der Waals surface area contributed by atoms with E-state index in [1.54, 1.807) is 0 Å². The van der Waals surface area contributed by atoms with Crippen molar-refractivity contribution >= 4 is 50.4 Å². The maximum atomic E-state index is 6.50. The summed E-state index contributed by atoms with van der Waals surface area (Å²) in [6, 6.07) is 94.1. The lowest BCUT2D eigenvalue weighted by atomic mass is 9.82. The third-order valence-corrected chi connectivity index (χ3v) is 14.7. The van der Waals surface area contributed by atoms with Crippen molar-refractivity contribution in [2.45, 2.75) is 19.3 Å². The number of benzene rings is 11. The second-order valence-electron chi connectivity index (χ2n) is 19.4. The largest absolute Gasteiger partial charge is 0.455 e. The predicted molar refractivity (Wildman–Crippen MR) is 303 cm³/mol. The van der Waals surface area contributed by atoms with E-state index in [2.05, 4.69) is 273 Å². The maximum Gasteiger partial charge on any atom is 0.143 e. The van der Waals surface area contributed by atoms with Gasteiger partial charge in [-0.3, -0.25) is 0 Å². The van der Waals surface area contributed by atoms with Crippen LogP contribution in [0.25, 0.3) is 88.7 Å². The highest BCUT2D eigenvalue weighted by Gasteiger charge is 2.36. The van der Waals surface area contributed by atoms with Gasteiger partial charge in [-0.05, 0) is 146 Å². The van der Waals surface area contributed by atoms with Gasteiger partial charge in [0.2, 0.25) is 0 Å². The summed E-state index contributed by atoms with van der Waals surface area (Å²) >= 11 is 0. The number of hydrogen-bond donors (Lipinski definition) is 1. The van der Waals surface area contributed by atoms with Crippen LogP contribution in [-0.4, -0.2) is 0 Å². The van der Waals surface area contributed by atoms with E-state index >= 15 is 0 Å². The molecule has 0 aliphatic heterocycles. The minimum atomic E-state index is -0.262. The van der Waals surface area contributed by atoms with Gasteiger partial charge in [0.1, 0.15) is 11.2 Å². The molecule has 1 aliphatic carbocycles. The van der Waals surface area contributed by atoms with E-state index in [1.807, 2.05) is 12.1 Å². The molecule has 342 valence electrons. The highest BCUT2D eigenvalue weighted by Crippen LogP contribution is 2.52. The second-order valence-corrected chi connectivity index (χ2v) is 19.4. The summed E-state index contributed by atoms with van der Waals surface area (Å²) < 4.78 is 6.50. The number of para-hydroxylation sites is 3. The van der Waals surface area contributed by atoms with Crippen LogP contribution in [0.1, 0.15) is 25.0 Å². The third kappa shape index (κ3) is 7.64. The number of furan rings is 1. The second kappa shape index (κ2) is 17.7. The fourth-order valence-electron chi connectivity index (χ4n) is 11.0. The van der Waals surface area contributed by atoms with Crippen LogP contribution in [0.5, 0.6) is 0 Å². The Morgan fingerprint density at radius 1 is 0.333 bits per heavy atom. The summed E-state index contributed by atoms with van der Waals surface area (Å²) in [5.41, 5.74) is 23.8. The molecule has 0 radical (unpaired) electrons. The molecule has 3 heteroatoms. The van der Waals surface area contributed by atoms with Crippen molar-refractivity contribution in [2.24, 2.45) is 0 Å². The summed E-state index contributed by atoms with van der Waals surface area (Å²) in [5, 5.41) is 6.05. The third-order valence-electron chi connectivity index (χ3n) is 14.7. The van der Waals surface area contributed by atoms with Crippen LogP contribution < -0.4 is 10.2 Å². The molecular weight excluding hydrogens is 873 g/mol. The van der Waals surface area contributed by atoms with Crippen LogP contribution in [-0.2, 0) is 5.41 Å². The summed E-state index contributed by atoms with van der Waals surface area (Å²) in [6.45, 7) is 4.73. The van der Waals surface area contributed by atoms with Crippen LogP contribution in [0.2, 0.25) is 0 Å². The molecule has 72 heavy (non-hydrogen) atoms. The first kappa shape index (κ1) is 42.9. The fourth-order valence-corrected chi connectivity index (χ4v) is 11.0. The molecule has 1 N–H and O–H groups in total. The van der Waals surface area contributed by atoms with Gasteiger partial charge in [0, 0.05) is 55.8 Å². The monoisotopic (exact) mass is 922 g/mol. The Hall–Kier alpha value is -9.18. The summed E-state index contributed by atoms with van der Waals surface area (Å²) in [4.78, 5) is 2.40. The van der Waals surface area contributed by atoms with E-state index in [1.165, 1.54) is 61.2 Å². The molecule has 0 bridgehead atoms. The van der Waals surface area contributed by atoms with E-state index < -0.39 is 0 Å². The zero-order valence-electron chi connectivity index (χ0n) is 40.2. The Labute approximate surface area is 421 Å². The van der Waals surface area contributed by atoms with E-state index in [-0.39, 0.29) is 5.41 Å². The molecule has 0 unspecified atom stereocenters. The lowest BCUT2D eigenvalue weighted by molar-refractivity contribution is 0.660. The van der Waals surface area contributed by atoms with Gasteiger partial charge < -0.3 is 14.6 Å². The maximum absolute atomic E-state index is 6.50. The molecule has 3 nitrogen and oxygen atoms in total. The average molecular weight is 923 g/mol. The molecule has 0 fully saturated rings. The Morgan fingerprint density at radius 3 is 1.46 bits per heavy atom. The molecule has 0 amide bonds. The van der Waals surface area contributed by atoms with E-state index in [0.717, 1.165) is 67.1 Å². The average Bonchev–Trinajstić information content (AvgIpc) is 3.93. The van der Waals surface area contributed by atoms with Crippen LogP contribution >= 0.6 is 0 Å². The van der Waals surface area contributed by atoms with E-state index in [9.17, 15) is 0 Å². The van der Waals surface area contributed by atoms with Crippen LogP contribution in [0.15, 0.2) is 265 Å². The zero-order valence-corrected chi connectivity index (χ0v) is 40.2. The van der Waals surface area contributed by atoms with Gasteiger partial charge in [0.05, 0.1) is 0 Å². The minimum Gasteiger partial charge on any atom is -0.455 e. The zero-order chi connectivity index (χ0) is 48.2. The first-order chi connectivity index (χ1) is 35.4. The Morgan fingerprint density at radius 2 is 0.806 bits per heavy atom. The van der Waals surface area contributed by atoms with Gasteiger partial charge in [-0.1, -0.05) is 196 Å². The molecule has 12 aromatic rings. The van der Waals surface area contributed by atoms with Crippen molar-refractivity contribution in [3.05, 3.63) is 272 Å². The smallest absolute Gasteiger partial charge is 0.143 e. The number of rotatable bonds is 10. The van der Waals surface area contributed by atoms with Crippen LogP contribution in [0.4, 0.5) is 28.4 Å². The molecule has 13 rings (SSSR count). The molecule has 0 saturated carbocycles. The van der Waals surface area contributed by atoms with Crippen molar-refractivity contribution in [1.82, 2.24) is 0 Å². The van der Waals surface area contributed by atoms with Crippen molar-refractivity contribution < 1.29 is 4.42 Å². The highest BCUT2D eigenvalue weighted by atomic mass is 16.3. The number of hydrogen-bond acceptors (Lipinski definition) is 3. The van der Waals surface area contributed by atoms with Crippen molar-refractivity contribution in [2.75, 3.05) is 10.2 Å². The number of anilines is 5. The Balaban J connectivity index is 0.892. The fraction of sp³-hybridized carbons (Fsp3) is 0.0435. The lowest BCUT2D eigenvalue weighted by Gasteiger charge is -2.28. The summed E-state index contributed by atoms with van der Waals surface area (Å²) in [6.07, 6.45) is 0. The molecule has 1 aromatic heterocycles. The van der Waals surface area contributed by atoms with E-state index in [4.69, 9.17) is 4.42 Å². The van der Waals surface area contributed by atoms with Gasteiger partial charge in [-0.15, -0.1) is 0 Å².